The third-order valence-electron chi connectivity index (χ3n) is 5.94. The first-order chi connectivity index (χ1) is 14.8. The maximum atomic E-state index is 4.83. The number of pyridine rings is 1. The molecule has 4 heterocycles. The summed E-state index contributed by atoms with van der Waals surface area (Å²) in [5, 5.41) is 9.24. The monoisotopic (exact) mass is 401 g/mol. The Morgan fingerprint density at radius 1 is 1.10 bits per heavy atom. The molecule has 1 aliphatic rings. The normalized spacial score (nSPS) is 17.6. The van der Waals surface area contributed by atoms with Crippen molar-refractivity contribution in [1.29, 1.82) is 0 Å². The van der Waals surface area contributed by atoms with Gasteiger partial charge in [-0.05, 0) is 57.0 Å². The van der Waals surface area contributed by atoms with Crippen molar-refractivity contribution >= 4 is 22.5 Å². The molecule has 4 aromatic rings. The average Bonchev–Trinajstić information content (AvgIpc) is 3.24. The molecule has 0 amide bonds. The minimum absolute atomic E-state index is 0.659. The zero-order chi connectivity index (χ0) is 20.3. The number of anilines is 1. The molecular weight excluding hydrogens is 374 g/mol. The number of hydrogen-bond donors (Lipinski definition) is 1. The minimum atomic E-state index is 0.659. The molecule has 0 radical (unpaired) electrons. The van der Waals surface area contributed by atoms with E-state index in [4.69, 9.17) is 15.1 Å². The Morgan fingerprint density at radius 3 is 2.90 bits per heavy atom. The number of benzene rings is 1. The van der Waals surface area contributed by atoms with Gasteiger partial charge in [0.25, 0.3) is 0 Å². The van der Waals surface area contributed by atoms with Gasteiger partial charge in [0, 0.05) is 42.5 Å². The highest BCUT2D eigenvalue weighted by Crippen LogP contribution is 2.24. The fraction of sp³-hybridized carbons (Fsp3) is 0.391. The highest BCUT2D eigenvalue weighted by Gasteiger charge is 2.18. The molecule has 7 heteroatoms. The molecule has 0 spiro atoms. The Labute approximate surface area is 176 Å². The van der Waals surface area contributed by atoms with Gasteiger partial charge in [-0.3, -0.25) is 4.98 Å². The van der Waals surface area contributed by atoms with Gasteiger partial charge in [-0.15, -0.1) is 5.10 Å². The Kier molecular flexibility index (Phi) is 5.27. The predicted molar refractivity (Wildman–Crippen MR) is 120 cm³/mol. The summed E-state index contributed by atoms with van der Waals surface area (Å²) in [6.07, 6.45) is 8.62. The van der Waals surface area contributed by atoms with Crippen molar-refractivity contribution in [1.82, 2.24) is 29.5 Å². The van der Waals surface area contributed by atoms with E-state index in [0.717, 1.165) is 47.6 Å². The molecule has 154 valence electrons. The third-order valence-corrected chi connectivity index (χ3v) is 5.94. The largest absolute Gasteiger partial charge is 0.354 e. The quantitative estimate of drug-likeness (QED) is 0.492. The Hall–Kier alpha value is -3.06. The summed E-state index contributed by atoms with van der Waals surface area (Å²) in [7, 11) is 0. The first kappa shape index (κ1) is 18.9. The van der Waals surface area contributed by atoms with Crippen LogP contribution in [0.5, 0.6) is 0 Å². The van der Waals surface area contributed by atoms with E-state index in [0.29, 0.717) is 11.9 Å². The standard InChI is InChI=1S/C23H27N7/c1-17-8-4-5-14-29(17)15-7-13-25-23-26-20-11-3-2-10-19(20)22-27-21(28-30(22)23)18-9-6-12-24-16-18/h2-3,6,9-12,16-17H,4-5,7-8,13-15H2,1H3,(H,25,26). The number of fused-ring (bicyclic) bond motifs is 3. The van der Waals surface area contributed by atoms with Crippen LogP contribution in [0.1, 0.15) is 32.6 Å². The van der Waals surface area contributed by atoms with Gasteiger partial charge >= 0.3 is 0 Å². The molecule has 3 aromatic heterocycles. The van der Waals surface area contributed by atoms with Gasteiger partial charge in [-0.25, -0.2) is 9.97 Å². The number of hydrogen-bond acceptors (Lipinski definition) is 6. The Balaban J connectivity index is 1.41. The molecule has 1 atom stereocenters. The number of nitrogens with one attached hydrogen (secondary N) is 1. The van der Waals surface area contributed by atoms with Crippen LogP contribution in [-0.2, 0) is 0 Å². The van der Waals surface area contributed by atoms with E-state index in [1.54, 1.807) is 12.4 Å². The molecule has 1 aliphatic heterocycles. The lowest BCUT2D eigenvalue weighted by Gasteiger charge is -2.33. The lowest BCUT2D eigenvalue weighted by atomic mass is 10.0. The third kappa shape index (κ3) is 3.73. The lowest BCUT2D eigenvalue weighted by molar-refractivity contribution is 0.160. The predicted octanol–water partition coefficient (Wildman–Crippen LogP) is 4.02. The summed E-state index contributed by atoms with van der Waals surface area (Å²) < 4.78 is 1.83. The van der Waals surface area contributed by atoms with E-state index >= 15 is 0 Å². The van der Waals surface area contributed by atoms with Gasteiger partial charge in [0.15, 0.2) is 11.5 Å². The lowest BCUT2D eigenvalue weighted by Crippen LogP contribution is -2.38. The first-order valence-corrected chi connectivity index (χ1v) is 10.8. The molecule has 0 bridgehead atoms. The van der Waals surface area contributed by atoms with Crippen molar-refractivity contribution in [2.24, 2.45) is 0 Å². The van der Waals surface area contributed by atoms with E-state index in [-0.39, 0.29) is 0 Å². The highest BCUT2D eigenvalue weighted by molar-refractivity contribution is 5.92. The van der Waals surface area contributed by atoms with Crippen molar-refractivity contribution in [3.63, 3.8) is 0 Å². The molecule has 1 aromatic carbocycles. The van der Waals surface area contributed by atoms with Crippen molar-refractivity contribution in [3.8, 4) is 11.4 Å². The van der Waals surface area contributed by atoms with Crippen LogP contribution in [0.3, 0.4) is 0 Å². The molecule has 30 heavy (non-hydrogen) atoms. The summed E-state index contributed by atoms with van der Waals surface area (Å²) in [6, 6.07) is 12.7. The summed E-state index contributed by atoms with van der Waals surface area (Å²) in [6.45, 7) is 5.53. The van der Waals surface area contributed by atoms with E-state index < -0.39 is 0 Å². The fourth-order valence-electron chi connectivity index (χ4n) is 4.26. The van der Waals surface area contributed by atoms with Crippen LogP contribution in [0, 0.1) is 0 Å². The van der Waals surface area contributed by atoms with E-state index in [2.05, 4.69) is 22.1 Å². The summed E-state index contributed by atoms with van der Waals surface area (Å²) in [4.78, 5) is 16.4. The molecule has 1 unspecified atom stereocenters. The summed E-state index contributed by atoms with van der Waals surface area (Å²) >= 11 is 0. The Bertz CT molecular complexity index is 1140. The number of nitrogens with zero attached hydrogens (tertiary/aromatic N) is 6. The SMILES string of the molecule is CC1CCCCN1CCCNc1nc2ccccc2c2nc(-c3cccnc3)nn12. The molecule has 1 fully saturated rings. The molecule has 1 N–H and O–H groups in total. The second kappa shape index (κ2) is 8.36. The molecular formula is C23H27N7. The number of para-hydroxylation sites is 1. The average molecular weight is 402 g/mol. The van der Waals surface area contributed by atoms with Crippen LogP contribution >= 0.6 is 0 Å². The van der Waals surface area contributed by atoms with Gasteiger partial charge in [-0.1, -0.05) is 18.6 Å². The summed E-state index contributed by atoms with van der Waals surface area (Å²) in [5.74, 6) is 1.39. The Morgan fingerprint density at radius 2 is 2.03 bits per heavy atom. The highest BCUT2D eigenvalue weighted by atomic mass is 15.4. The molecule has 1 saturated heterocycles. The van der Waals surface area contributed by atoms with Crippen LogP contribution in [0.15, 0.2) is 48.8 Å². The second-order valence-corrected chi connectivity index (χ2v) is 8.03. The van der Waals surface area contributed by atoms with E-state index in [9.17, 15) is 0 Å². The second-order valence-electron chi connectivity index (χ2n) is 8.03. The van der Waals surface area contributed by atoms with Crippen molar-refractivity contribution < 1.29 is 0 Å². The van der Waals surface area contributed by atoms with Gasteiger partial charge in [0.2, 0.25) is 5.95 Å². The number of aromatic nitrogens is 5. The number of piperidine rings is 1. The van der Waals surface area contributed by atoms with Crippen LogP contribution in [0.25, 0.3) is 27.9 Å². The molecule has 7 nitrogen and oxygen atoms in total. The minimum Gasteiger partial charge on any atom is -0.354 e. The van der Waals surface area contributed by atoms with Gasteiger partial charge in [0.1, 0.15) is 0 Å². The van der Waals surface area contributed by atoms with Gasteiger partial charge in [0.05, 0.1) is 5.52 Å². The summed E-state index contributed by atoms with van der Waals surface area (Å²) in [5.41, 5.74) is 2.63. The zero-order valence-corrected chi connectivity index (χ0v) is 17.3. The van der Waals surface area contributed by atoms with Gasteiger partial charge < -0.3 is 10.2 Å². The van der Waals surface area contributed by atoms with Crippen LogP contribution in [-0.4, -0.2) is 55.1 Å². The van der Waals surface area contributed by atoms with E-state index in [1.807, 2.05) is 40.9 Å². The van der Waals surface area contributed by atoms with E-state index in [1.165, 1.54) is 25.8 Å². The van der Waals surface area contributed by atoms with Crippen LogP contribution in [0.4, 0.5) is 5.95 Å². The maximum Gasteiger partial charge on any atom is 0.226 e. The molecule has 0 saturated carbocycles. The fourth-order valence-corrected chi connectivity index (χ4v) is 4.26. The van der Waals surface area contributed by atoms with Crippen molar-refractivity contribution in [2.45, 2.75) is 38.6 Å². The maximum absolute atomic E-state index is 4.83. The number of rotatable bonds is 6. The van der Waals surface area contributed by atoms with Crippen molar-refractivity contribution in [3.05, 3.63) is 48.8 Å². The topological polar surface area (TPSA) is 71.2 Å². The smallest absolute Gasteiger partial charge is 0.226 e. The molecule has 5 rings (SSSR count). The first-order valence-electron chi connectivity index (χ1n) is 10.8. The van der Waals surface area contributed by atoms with Gasteiger partial charge in [-0.2, -0.15) is 4.52 Å². The van der Waals surface area contributed by atoms with Crippen LogP contribution < -0.4 is 5.32 Å². The number of likely N-dealkylation sites (tertiary alicyclic amines) is 1. The zero-order valence-electron chi connectivity index (χ0n) is 17.3. The molecule has 0 aliphatic carbocycles. The van der Waals surface area contributed by atoms with Crippen molar-refractivity contribution in [2.75, 3.05) is 25.0 Å². The van der Waals surface area contributed by atoms with Crippen LogP contribution in [0.2, 0.25) is 0 Å².